The van der Waals surface area contributed by atoms with Crippen molar-refractivity contribution in [1.29, 1.82) is 0 Å². The summed E-state index contributed by atoms with van der Waals surface area (Å²) >= 11 is 0. The first-order chi connectivity index (χ1) is 8.48. The van der Waals surface area contributed by atoms with Crippen molar-refractivity contribution in [1.82, 2.24) is 0 Å². The van der Waals surface area contributed by atoms with E-state index in [9.17, 15) is 0 Å². The molecule has 18 heavy (non-hydrogen) atoms. The van der Waals surface area contributed by atoms with E-state index in [-0.39, 0.29) is 0 Å². The van der Waals surface area contributed by atoms with E-state index < -0.39 is 0 Å². The molecule has 0 atom stereocenters. The van der Waals surface area contributed by atoms with Crippen molar-refractivity contribution in [2.24, 2.45) is 11.3 Å². The van der Waals surface area contributed by atoms with Crippen LogP contribution >= 0.6 is 0 Å². The zero-order valence-corrected chi connectivity index (χ0v) is 13.9. The maximum absolute atomic E-state index is 2.44. The molecule has 0 fully saturated rings. The highest BCUT2D eigenvalue weighted by molar-refractivity contribution is 4.70. The summed E-state index contributed by atoms with van der Waals surface area (Å²) in [5.41, 5.74) is 0.565. The second-order valence-electron chi connectivity index (χ2n) is 7.34. The normalized spacial score (nSPS) is 12.3. The highest BCUT2D eigenvalue weighted by Gasteiger charge is 2.18. The fourth-order valence-electron chi connectivity index (χ4n) is 3.12. The molecule has 0 aromatic heterocycles. The third-order valence-electron chi connectivity index (χ3n) is 3.92. The first-order valence-corrected chi connectivity index (χ1v) is 8.48. The van der Waals surface area contributed by atoms with Crippen LogP contribution in [0.15, 0.2) is 0 Å². The number of unbranched alkanes of at least 4 members (excludes halogenated alkanes) is 8. The van der Waals surface area contributed by atoms with E-state index in [0.29, 0.717) is 5.41 Å². The third kappa shape index (κ3) is 12.5. The minimum absolute atomic E-state index is 0.565. The Morgan fingerprint density at radius 3 is 1.61 bits per heavy atom. The van der Waals surface area contributed by atoms with Gasteiger partial charge in [0, 0.05) is 0 Å². The van der Waals surface area contributed by atoms with Gasteiger partial charge in [-0.2, -0.15) is 0 Å². The molecule has 0 radical (unpaired) electrons. The van der Waals surface area contributed by atoms with E-state index in [2.05, 4.69) is 34.6 Å². The molecule has 0 heterocycles. The maximum atomic E-state index is 2.44. The van der Waals surface area contributed by atoms with E-state index in [4.69, 9.17) is 0 Å². The lowest BCUT2D eigenvalue weighted by molar-refractivity contribution is 0.256. The summed E-state index contributed by atoms with van der Waals surface area (Å²) in [5, 5.41) is 0. The van der Waals surface area contributed by atoms with Gasteiger partial charge in [-0.25, -0.2) is 0 Å². The molecule has 0 saturated heterocycles. The van der Waals surface area contributed by atoms with Crippen LogP contribution in [0.4, 0.5) is 0 Å². The molecule has 110 valence electrons. The molecule has 0 spiro atoms. The zero-order chi connectivity index (χ0) is 13.9. The summed E-state index contributed by atoms with van der Waals surface area (Å²) < 4.78 is 0. The van der Waals surface area contributed by atoms with Crippen LogP contribution in [-0.4, -0.2) is 0 Å². The van der Waals surface area contributed by atoms with E-state index in [1.807, 2.05) is 0 Å². The molecule has 0 aliphatic heterocycles. The van der Waals surface area contributed by atoms with Gasteiger partial charge >= 0.3 is 0 Å². The van der Waals surface area contributed by atoms with Crippen LogP contribution in [0.5, 0.6) is 0 Å². The highest BCUT2D eigenvalue weighted by Crippen LogP contribution is 2.31. The Balaban J connectivity index is 3.29. The fourth-order valence-corrected chi connectivity index (χ4v) is 3.12. The van der Waals surface area contributed by atoms with E-state index in [1.54, 1.807) is 0 Å². The molecule has 0 unspecified atom stereocenters. The summed E-state index contributed by atoms with van der Waals surface area (Å²) in [4.78, 5) is 0. The Kier molecular flexibility index (Phi) is 10.9. The van der Waals surface area contributed by atoms with Gasteiger partial charge in [-0.1, -0.05) is 92.4 Å². The van der Waals surface area contributed by atoms with E-state index >= 15 is 0 Å². The van der Waals surface area contributed by atoms with Gasteiger partial charge < -0.3 is 0 Å². The molecule has 0 N–H and O–H groups in total. The van der Waals surface area contributed by atoms with Gasteiger partial charge in [-0.3, -0.25) is 0 Å². The molecular formula is C18H38. The largest absolute Gasteiger partial charge is 0.0654 e. The highest BCUT2D eigenvalue weighted by atomic mass is 14.2. The molecule has 0 aliphatic carbocycles. The molecule has 0 amide bonds. The van der Waals surface area contributed by atoms with Gasteiger partial charge in [0.2, 0.25) is 0 Å². The second-order valence-corrected chi connectivity index (χ2v) is 7.34. The fraction of sp³-hybridized carbons (Fsp3) is 1.00. The Morgan fingerprint density at radius 1 is 0.722 bits per heavy atom. The lowest BCUT2D eigenvalue weighted by atomic mass is 9.79. The van der Waals surface area contributed by atoms with Gasteiger partial charge in [-0.05, 0) is 24.2 Å². The Hall–Kier alpha value is 0. The van der Waals surface area contributed by atoms with Gasteiger partial charge in [-0.15, -0.1) is 0 Å². The van der Waals surface area contributed by atoms with Crippen LogP contribution in [0.3, 0.4) is 0 Å². The predicted molar refractivity (Wildman–Crippen MR) is 85.1 cm³/mol. The van der Waals surface area contributed by atoms with Gasteiger partial charge in [0.1, 0.15) is 0 Å². The zero-order valence-electron chi connectivity index (χ0n) is 13.9. The monoisotopic (exact) mass is 254 g/mol. The van der Waals surface area contributed by atoms with Gasteiger partial charge in [0.15, 0.2) is 0 Å². The lowest BCUT2D eigenvalue weighted by Crippen LogP contribution is -2.14. The first kappa shape index (κ1) is 18.0. The van der Waals surface area contributed by atoms with Crippen molar-refractivity contribution in [2.45, 2.75) is 105 Å². The molecule has 0 aromatic carbocycles. The van der Waals surface area contributed by atoms with E-state index in [1.165, 1.54) is 70.6 Å². The van der Waals surface area contributed by atoms with Gasteiger partial charge in [0.05, 0.1) is 0 Å². The topological polar surface area (TPSA) is 0 Å². The van der Waals surface area contributed by atoms with Crippen LogP contribution in [-0.2, 0) is 0 Å². The molecule has 0 bridgehead atoms. The Labute approximate surface area is 117 Å². The average molecular weight is 255 g/mol. The average Bonchev–Trinajstić information content (AvgIpc) is 2.25. The van der Waals surface area contributed by atoms with Gasteiger partial charge in [0.25, 0.3) is 0 Å². The van der Waals surface area contributed by atoms with Crippen LogP contribution in [0.2, 0.25) is 0 Å². The third-order valence-corrected chi connectivity index (χ3v) is 3.92. The summed E-state index contributed by atoms with van der Waals surface area (Å²) in [6.45, 7) is 11.9. The van der Waals surface area contributed by atoms with Crippen molar-refractivity contribution in [3.63, 3.8) is 0 Å². The minimum Gasteiger partial charge on any atom is -0.0654 e. The molecular weight excluding hydrogens is 216 g/mol. The van der Waals surface area contributed by atoms with Crippen LogP contribution in [0, 0.1) is 11.3 Å². The number of rotatable bonds is 12. The molecule has 0 heteroatoms. The lowest BCUT2D eigenvalue weighted by Gasteiger charge is -2.26. The van der Waals surface area contributed by atoms with Crippen molar-refractivity contribution >= 4 is 0 Å². The molecule has 0 aromatic rings. The predicted octanol–water partition coefficient (Wildman–Crippen LogP) is 6.98. The smallest absolute Gasteiger partial charge is 0.0352 e. The van der Waals surface area contributed by atoms with Crippen LogP contribution in [0.25, 0.3) is 0 Å². The summed E-state index contributed by atoms with van der Waals surface area (Å²) in [5.74, 6) is 0.846. The Bertz CT molecular complexity index is 167. The first-order valence-electron chi connectivity index (χ1n) is 8.48. The molecule has 0 saturated carbocycles. The maximum Gasteiger partial charge on any atom is -0.0352 e. The van der Waals surface area contributed by atoms with Crippen molar-refractivity contribution in [3.05, 3.63) is 0 Å². The number of hydrogen-bond acceptors (Lipinski definition) is 0. The van der Waals surface area contributed by atoms with Crippen LogP contribution < -0.4 is 0 Å². The van der Waals surface area contributed by atoms with E-state index in [0.717, 1.165) is 5.92 Å². The number of hydrogen-bond donors (Lipinski definition) is 0. The minimum atomic E-state index is 0.565. The van der Waals surface area contributed by atoms with Crippen LogP contribution in [0.1, 0.15) is 105 Å². The summed E-state index contributed by atoms with van der Waals surface area (Å²) in [6, 6.07) is 0. The van der Waals surface area contributed by atoms with Crippen molar-refractivity contribution < 1.29 is 0 Å². The van der Waals surface area contributed by atoms with Crippen molar-refractivity contribution in [2.75, 3.05) is 0 Å². The molecule has 0 nitrogen and oxygen atoms in total. The SMILES string of the molecule is CCCCCCCCCCCC(C)(C)CC(C)C. The standard InChI is InChI=1S/C18H38/c1-6-7-8-9-10-11-12-13-14-15-18(4,5)16-17(2)3/h17H,6-16H2,1-5H3. The summed E-state index contributed by atoms with van der Waals surface area (Å²) in [7, 11) is 0. The Morgan fingerprint density at radius 2 is 1.17 bits per heavy atom. The second kappa shape index (κ2) is 10.9. The summed E-state index contributed by atoms with van der Waals surface area (Å²) in [6.07, 6.45) is 15.8. The van der Waals surface area contributed by atoms with Crippen molar-refractivity contribution in [3.8, 4) is 0 Å². The molecule has 0 rings (SSSR count). The quantitative estimate of drug-likeness (QED) is 0.329. The molecule has 0 aliphatic rings.